The minimum Gasteiger partial charge on any atom is -0.493 e. The molecule has 6 rings (SSSR count). The normalized spacial score (nSPS) is 18.3. The van der Waals surface area contributed by atoms with E-state index in [2.05, 4.69) is 58.7 Å². The number of methoxy groups -OCH3 is 2. The number of aliphatic hydroxyl groups excluding tert-OH is 1. The molecule has 0 saturated carbocycles. The van der Waals surface area contributed by atoms with Crippen LogP contribution in [-0.4, -0.2) is 60.4 Å². The highest BCUT2D eigenvalue weighted by Crippen LogP contribution is 2.40. The molecule has 0 aliphatic carbocycles. The van der Waals surface area contributed by atoms with E-state index < -0.39 is 6.29 Å². The van der Waals surface area contributed by atoms with Crippen molar-refractivity contribution in [3.63, 3.8) is 0 Å². The Hall–Kier alpha value is -4.78. The zero-order chi connectivity index (χ0) is 38.6. The summed E-state index contributed by atoms with van der Waals surface area (Å²) in [7, 11) is 3.34. The molecule has 0 radical (unpaired) electrons. The predicted molar refractivity (Wildman–Crippen MR) is 208 cm³/mol. The fourth-order valence-electron chi connectivity index (χ4n) is 7.38. The largest absolute Gasteiger partial charge is 0.493 e. The summed E-state index contributed by atoms with van der Waals surface area (Å²) < 4.78 is 24.5. The van der Waals surface area contributed by atoms with Crippen molar-refractivity contribution in [2.24, 2.45) is 0 Å². The topological polar surface area (TPSA) is 139 Å². The molecule has 11 heteroatoms. The average Bonchev–Trinajstić information content (AvgIpc) is 3.23. The number of hydrogen-bond donors (Lipinski definition) is 4. The Labute approximate surface area is 323 Å². The minimum atomic E-state index is -0.557. The number of nitrogens with zero attached hydrogens (tertiary/aromatic N) is 1. The molecule has 2 heterocycles. The van der Waals surface area contributed by atoms with Crippen molar-refractivity contribution < 1.29 is 38.9 Å². The van der Waals surface area contributed by atoms with Gasteiger partial charge in [0, 0.05) is 51.0 Å². The lowest BCUT2D eigenvalue weighted by atomic mass is 9.96. The van der Waals surface area contributed by atoms with E-state index >= 15 is 0 Å². The first-order chi connectivity index (χ1) is 26.8. The van der Waals surface area contributed by atoms with Crippen molar-refractivity contribution in [3.8, 4) is 22.6 Å². The Bertz CT molecular complexity index is 1870. The van der Waals surface area contributed by atoms with Gasteiger partial charge in [0.15, 0.2) is 17.8 Å². The Kier molecular flexibility index (Phi) is 14.3. The molecule has 0 bridgehead atoms. The van der Waals surface area contributed by atoms with Crippen molar-refractivity contribution in [1.82, 2.24) is 15.7 Å². The molecule has 4 N–H and O–H groups in total. The summed E-state index contributed by atoms with van der Waals surface area (Å²) in [4.78, 5) is 26.0. The third-order valence-electron chi connectivity index (χ3n) is 10.5. The molecule has 11 nitrogen and oxygen atoms in total. The van der Waals surface area contributed by atoms with Gasteiger partial charge in [-0.05, 0) is 76.4 Å². The van der Waals surface area contributed by atoms with Crippen LogP contribution in [0.5, 0.6) is 11.5 Å². The maximum absolute atomic E-state index is 12.5. The molecule has 292 valence electrons. The number of amides is 2. The van der Waals surface area contributed by atoms with Crippen molar-refractivity contribution >= 4 is 11.8 Å². The minimum absolute atomic E-state index is 0.00212. The summed E-state index contributed by atoms with van der Waals surface area (Å²) in [5, 5.41) is 21.2. The lowest BCUT2D eigenvalue weighted by Crippen LogP contribution is -2.41. The number of carbonyl (C=O) groups is 2. The number of hydroxylamine groups is 1. The van der Waals surface area contributed by atoms with Crippen LogP contribution in [0.4, 0.5) is 0 Å². The van der Waals surface area contributed by atoms with Crippen LogP contribution < -0.4 is 20.3 Å². The molecule has 1 fully saturated rings. The van der Waals surface area contributed by atoms with Crippen LogP contribution in [0.2, 0.25) is 0 Å². The van der Waals surface area contributed by atoms with Crippen molar-refractivity contribution in [1.29, 1.82) is 0 Å². The van der Waals surface area contributed by atoms with Gasteiger partial charge in [-0.15, -0.1) is 0 Å². The number of fused-ring (bicyclic) bond motifs is 1. The first-order valence-electron chi connectivity index (χ1n) is 19.2. The van der Waals surface area contributed by atoms with E-state index in [0.29, 0.717) is 25.8 Å². The number of carbonyl (C=O) groups excluding carboxylic acids is 2. The fraction of sp³-hybridized carbons (Fsp3) is 0.409. The lowest BCUT2D eigenvalue weighted by Gasteiger charge is -2.39. The van der Waals surface area contributed by atoms with Crippen LogP contribution in [0.1, 0.15) is 90.7 Å². The van der Waals surface area contributed by atoms with Crippen LogP contribution in [0.25, 0.3) is 11.1 Å². The Morgan fingerprint density at radius 2 is 1.47 bits per heavy atom. The van der Waals surface area contributed by atoms with Crippen molar-refractivity contribution in [2.45, 2.75) is 89.6 Å². The number of hydrogen-bond acceptors (Lipinski definition) is 9. The predicted octanol–water partition coefficient (Wildman–Crippen LogP) is 6.93. The molecule has 0 aromatic heterocycles. The van der Waals surface area contributed by atoms with Gasteiger partial charge in [0.25, 0.3) is 0 Å². The quantitative estimate of drug-likeness (QED) is 0.0514. The first kappa shape index (κ1) is 39.9. The van der Waals surface area contributed by atoms with E-state index in [1.807, 2.05) is 36.4 Å². The molecule has 3 atom stereocenters. The Morgan fingerprint density at radius 1 is 0.782 bits per heavy atom. The summed E-state index contributed by atoms with van der Waals surface area (Å²) in [5.74, 6) is 1.12. The SMILES string of the molecule is COc1cc2c(cc1OC)CN(CC1CC(c3ccc(CO)cc3)OC(c3ccc(-c4cccc(CNC(=O)CCCCCCC(=O)NO)c4)cc3)O1)CC2. The van der Waals surface area contributed by atoms with Gasteiger partial charge in [-0.25, -0.2) is 5.48 Å². The highest BCUT2D eigenvalue weighted by molar-refractivity contribution is 5.76. The van der Waals surface area contributed by atoms with Crippen LogP contribution in [0.3, 0.4) is 0 Å². The third-order valence-corrected chi connectivity index (χ3v) is 10.5. The van der Waals surface area contributed by atoms with Gasteiger partial charge in [0.2, 0.25) is 11.8 Å². The standard InChI is InChI=1S/C44H53N3O8/c1-52-40-23-36-20-21-47(27-37(36)24-41(40)53-2)28-38-25-39(33-14-12-30(29-48)13-15-33)55-44(54-38)34-18-16-32(17-19-34)35-9-7-8-31(22-35)26-45-42(49)10-5-3-4-6-11-43(50)46-51/h7-9,12-19,22-24,38-39,44,48,51H,3-6,10-11,20-21,25-29H2,1-2H3,(H,45,49)(H,46,50). The summed E-state index contributed by atoms with van der Waals surface area (Å²) >= 11 is 0. The number of nitrogens with one attached hydrogen (secondary N) is 2. The smallest absolute Gasteiger partial charge is 0.243 e. The number of aliphatic hydroxyl groups is 1. The molecule has 2 aliphatic rings. The molecule has 2 amide bonds. The van der Waals surface area contributed by atoms with Gasteiger partial charge in [-0.2, -0.15) is 0 Å². The van der Waals surface area contributed by atoms with E-state index in [1.54, 1.807) is 19.7 Å². The second-order valence-electron chi connectivity index (χ2n) is 14.4. The van der Waals surface area contributed by atoms with Crippen LogP contribution in [0, 0.1) is 0 Å². The van der Waals surface area contributed by atoms with Gasteiger partial charge in [-0.1, -0.05) is 79.6 Å². The molecule has 4 aromatic carbocycles. The second-order valence-corrected chi connectivity index (χ2v) is 14.4. The molecule has 2 aliphatic heterocycles. The van der Waals surface area contributed by atoms with Crippen molar-refractivity contribution in [3.05, 3.63) is 118 Å². The fourth-order valence-corrected chi connectivity index (χ4v) is 7.38. The molecule has 0 spiro atoms. The van der Waals surface area contributed by atoms with E-state index in [4.69, 9.17) is 24.2 Å². The molecular formula is C44H53N3O8. The zero-order valence-corrected chi connectivity index (χ0v) is 31.8. The Balaban J connectivity index is 1.08. The van der Waals surface area contributed by atoms with Gasteiger partial charge in [0.05, 0.1) is 33.0 Å². The monoisotopic (exact) mass is 751 g/mol. The number of benzene rings is 4. The number of rotatable bonds is 17. The molecular weight excluding hydrogens is 698 g/mol. The number of ether oxygens (including phenoxy) is 4. The van der Waals surface area contributed by atoms with E-state index in [-0.39, 0.29) is 37.0 Å². The summed E-state index contributed by atoms with van der Waals surface area (Å²) in [6.07, 6.45) is 4.67. The third kappa shape index (κ3) is 10.9. The van der Waals surface area contributed by atoms with Crippen LogP contribution in [0.15, 0.2) is 84.9 Å². The Morgan fingerprint density at radius 3 is 2.16 bits per heavy atom. The summed E-state index contributed by atoms with van der Waals surface area (Å²) in [6, 6.07) is 28.6. The van der Waals surface area contributed by atoms with Gasteiger partial charge >= 0.3 is 0 Å². The first-order valence-corrected chi connectivity index (χ1v) is 19.2. The molecule has 1 saturated heterocycles. The van der Waals surface area contributed by atoms with Crippen LogP contribution >= 0.6 is 0 Å². The van der Waals surface area contributed by atoms with Crippen LogP contribution in [-0.2, 0) is 45.2 Å². The van der Waals surface area contributed by atoms with E-state index in [0.717, 1.165) is 90.2 Å². The highest BCUT2D eigenvalue weighted by atomic mass is 16.7. The zero-order valence-electron chi connectivity index (χ0n) is 31.8. The molecule has 3 unspecified atom stereocenters. The number of unbranched alkanes of at least 4 members (excludes halogenated alkanes) is 3. The van der Waals surface area contributed by atoms with Crippen molar-refractivity contribution in [2.75, 3.05) is 27.3 Å². The lowest BCUT2D eigenvalue weighted by molar-refractivity contribution is -0.253. The van der Waals surface area contributed by atoms with Gasteiger partial charge in [0.1, 0.15) is 0 Å². The molecule has 4 aromatic rings. The van der Waals surface area contributed by atoms with Gasteiger partial charge < -0.3 is 29.4 Å². The average molecular weight is 752 g/mol. The second kappa shape index (κ2) is 19.7. The highest BCUT2D eigenvalue weighted by Gasteiger charge is 2.34. The maximum atomic E-state index is 12.5. The van der Waals surface area contributed by atoms with E-state index in [9.17, 15) is 14.7 Å². The summed E-state index contributed by atoms with van der Waals surface area (Å²) in [5.41, 5.74) is 10.1. The summed E-state index contributed by atoms with van der Waals surface area (Å²) in [6.45, 7) is 2.90. The van der Waals surface area contributed by atoms with Gasteiger partial charge in [-0.3, -0.25) is 19.7 Å². The van der Waals surface area contributed by atoms with E-state index in [1.165, 1.54) is 11.1 Å². The molecule has 55 heavy (non-hydrogen) atoms. The maximum Gasteiger partial charge on any atom is 0.243 e.